The molecule has 0 fully saturated rings. The van der Waals surface area contributed by atoms with Crippen LogP contribution in [0, 0.1) is 6.92 Å². The number of alkyl halides is 5. The van der Waals surface area contributed by atoms with Crippen molar-refractivity contribution in [2.24, 2.45) is 11.6 Å². The van der Waals surface area contributed by atoms with Gasteiger partial charge in [-0.25, -0.2) is 10.8 Å². The molecule has 14 heteroatoms. The number of hydrogen-bond acceptors (Lipinski definition) is 7. The van der Waals surface area contributed by atoms with Crippen molar-refractivity contribution < 1.29 is 35.5 Å². The van der Waals surface area contributed by atoms with Gasteiger partial charge in [0.15, 0.2) is 0 Å². The number of aromatic nitrogens is 2. The van der Waals surface area contributed by atoms with E-state index in [-0.39, 0.29) is 22.1 Å². The first-order chi connectivity index (χ1) is 19.2. The average molecular weight is 593 g/mol. The Hall–Kier alpha value is -4.27. The van der Waals surface area contributed by atoms with Crippen LogP contribution in [-0.2, 0) is 17.0 Å². The molecule has 4 N–H and O–H groups in total. The van der Waals surface area contributed by atoms with Crippen LogP contribution in [0.15, 0.2) is 84.0 Å². The molecule has 1 aromatic heterocycles. The second-order valence-electron chi connectivity index (χ2n) is 8.89. The lowest BCUT2D eigenvalue weighted by atomic mass is 10.0. The summed E-state index contributed by atoms with van der Waals surface area (Å²) < 4.78 is 94.3. The van der Waals surface area contributed by atoms with Crippen molar-refractivity contribution in [1.29, 1.82) is 0 Å². The van der Waals surface area contributed by atoms with Gasteiger partial charge >= 0.3 is 6.36 Å². The molecular weight excluding hydrogens is 569 g/mol. The Labute approximate surface area is 233 Å². The number of nitrogens with two attached hydrogens (primary N) is 2. The molecule has 0 radical (unpaired) electrons. The summed E-state index contributed by atoms with van der Waals surface area (Å²) in [5.74, 6) is 3.06. The Kier molecular flexibility index (Phi) is 8.19. The molecule has 1 heterocycles. The normalized spacial score (nSPS) is 13.2. The summed E-state index contributed by atoms with van der Waals surface area (Å²) in [4.78, 5) is 4.02. The predicted molar refractivity (Wildman–Crippen MR) is 142 cm³/mol. The molecule has 0 amide bonds. The van der Waals surface area contributed by atoms with Crippen LogP contribution in [0.5, 0.6) is 5.75 Å². The zero-order valence-electron chi connectivity index (χ0n) is 21.5. The lowest BCUT2D eigenvalue weighted by Crippen LogP contribution is -2.31. The number of benzene rings is 3. The van der Waals surface area contributed by atoms with Crippen molar-refractivity contribution in [3.05, 3.63) is 96.2 Å². The molecule has 0 aliphatic carbocycles. The Morgan fingerprint density at radius 1 is 1.05 bits per heavy atom. The topological polar surface area (TPSA) is 122 Å². The molecule has 1 atom stereocenters. The summed E-state index contributed by atoms with van der Waals surface area (Å²) >= 11 is -2.49. The highest BCUT2D eigenvalue weighted by Gasteiger charge is 2.31. The molecule has 0 bridgehead atoms. The van der Waals surface area contributed by atoms with Crippen molar-refractivity contribution in [3.8, 4) is 22.6 Å². The van der Waals surface area contributed by atoms with Crippen molar-refractivity contribution in [3.63, 3.8) is 0 Å². The maximum Gasteiger partial charge on any atom is 0.573 e. The van der Waals surface area contributed by atoms with E-state index < -0.39 is 34.8 Å². The Balaban J connectivity index is 1.85. The van der Waals surface area contributed by atoms with E-state index >= 15 is 0 Å². The molecule has 4 aromatic rings. The number of nitrogens with zero attached hydrogens (tertiary/aromatic N) is 3. The summed E-state index contributed by atoms with van der Waals surface area (Å²) in [6, 6.07) is 15.7. The van der Waals surface area contributed by atoms with Crippen molar-refractivity contribution >= 4 is 22.5 Å². The summed E-state index contributed by atoms with van der Waals surface area (Å²) in [7, 11) is 0. The number of imidazole rings is 1. The van der Waals surface area contributed by atoms with Crippen LogP contribution in [0.1, 0.15) is 24.0 Å². The van der Waals surface area contributed by atoms with E-state index in [2.05, 4.69) is 9.72 Å². The first-order valence-electron chi connectivity index (χ1n) is 11.8. The van der Waals surface area contributed by atoms with E-state index in [1.54, 1.807) is 30.3 Å². The zero-order chi connectivity index (χ0) is 30.1. The molecule has 3 aromatic carbocycles. The van der Waals surface area contributed by atoms with Crippen LogP contribution in [0.2, 0.25) is 0 Å². The molecule has 216 valence electrons. The maximum atomic E-state index is 14.1. The van der Waals surface area contributed by atoms with Crippen LogP contribution >= 0.6 is 0 Å². The van der Waals surface area contributed by atoms with Crippen LogP contribution in [0.4, 0.5) is 27.6 Å². The van der Waals surface area contributed by atoms with Gasteiger partial charge < -0.3 is 19.6 Å². The molecule has 0 aliphatic heterocycles. The quantitative estimate of drug-likeness (QED) is 0.116. The van der Waals surface area contributed by atoms with E-state index in [1.807, 2.05) is 0 Å². The third-order valence-electron chi connectivity index (χ3n) is 5.99. The minimum atomic E-state index is -4.88. The molecule has 0 saturated carbocycles. The number of rotatable bonds is 8. The highest BCUT2D eigenvalue weighted by atomic mass is 32.2. The zero-order valence-corrected chi connectivity index (χ0v) is 22.3. The molecule has 0 spiro atoms. The number of halogens is 5. The van der Waals surface area contributed by atoms with Crippen LogP contribution in [-0.4, -0.2) is 24.7 Å². The van der Waals surface area contributed by atoms with Gasteiger partial charge in [-0.05, 0) is 77.7 Å². The second-order valence-corrected chi connectivity index (χ2v) is 9.83. The monoisotopic (exact) mass is 592 g/mol. The summed E-state index contributed by atoms with van der Waals surface area (Å²) in [6.07, 6.45) is -2.59. The SMILES string of the molecule is Cc1nc(C(C)(F)F)cn1-c1ccc(-c2cccc(S(=O)[O-])c2)cc1N(N)/C(=C\N)c1ccc(OC(F)(F)F)cc1. The number of anilines is 1. The smallest absolute Gasteiger partial charge is 0.573 e. The van der Waals surface area contributed by atoms with Gasteiger partial charge in [-0.2, -0.15) is 8.78 Å². The Bertz CT molecular complexity index is 1620. The van der Waals surface area contributed by atoms with Crippen molar-refractivity contribution in [2.75, 3.05) is 5.01 Å². The van der Waals surface area contributed by atoms with Gasteiger partial charge in [-0.15, -0.1) is 13.2 Å². The van der Waals surface area contributed by atoms with Gasteiger partial charge in [-0.3, -0.25) is 9.22 Å². The maximum absolute atomic E-state index is 14.1. The van der Waals surface area contributed by atoms with Gasteiger partial charge in [0, 0.05) is 29.8 Å². The second kappa shape index (κ2) is 11.3. The fourth-order valence-electron chi connectivity index (χ4n) is 4.08. The number of hydrazine groups is 1. The molecule has 1 unspecified atom stereocenters. The lowest BCUT2D eigenvalue weighted by Gasteiger charge is -2.26. The fourth-order valence-corrected chi connectivity index (χ4v) is 4.49. The first kappa shape index (κ1) is 29.7. The summed E-state index contributed by atoms with van der Waals surface area (Å²) in [5.41, 5.74) is 7.45. The minimum absolute atomic E-state index is 0.0433. The predicted octanol–water partition coefficient (Wildman–Crippen LogP) is 5.73. The van der Waals surface area contributed by atoms with E-state index in [0.29, 0.717) is 29.3 Å². The Morgan fingerprint density at radius 3 is 2.27 bits per heavy atom. The molecular formula is C27H23F5N5O3S-. The van der Waals surface area contributed by atoms with E-state index in [9.17, 15) is 30.7 Å². The van der Waals surface area contributed by atoms with E-state index in [4.69, 9.17) is 11.6 Å². The van der Waals surface area contributed by atoms with Crippen LogP contribution in [0.25, 0.3) is 22.5 Å². The van der Waals surface area contributed by atoms with Gasteiger partial charge in [0.2, 0.25) is 0 Å². The molecule has 41 heavy (non-hydrogen) atoms. The molecule has 4 rings (SSSR count). The van der Waals surface area contributed by atoms with Crippen LogP contribution in [0.3, 0.4) is 0 Å². The number of aryl methyl sites for hydroxylation is 1. The fraction of sp³-hybridized carbons (Fsp3) is 0.148. The van der Waals surface area contributed by atoms with Gasteiger partial charge in [0.1, 0.15) is 17.3 Å². The number of hydrogen-bond donors (Lipinski definition) is 2. The third-order valence-corrected chi connectivity index (χ3v) is 6.63. The van der Waals surface area contributed by atoms with Gasteiger partial charge in [0.25, 0.3) is 5.92 Å². The first-order valence-corrected chi connectivity index (χ1v) is 12.9. The highest BCUT2D eigenvalue weighted by molar-refractivity contribution is 7.79. The van der Waals surface area contributed by atoms with Gasteiger partial charge in [0.05, 0.1) is 17.1 Å². The largest absolute Gasteiger partial charge is 0.768 e. The van der Waals surface area contributed by atoms with Crippen molar-refractivity contribution in [1.82, 2.24) is 9.55 Å². The molecule has 0 aliphatic rings. The third kappa shape index (κ3) is 6.73. The average Bonchev–Trinajstić information content (AvgIpc) is 3.31. The van der Waals surface area contributed by atoms with Gasteiger partial charge in [-0.1, -0.05) is 18.2 Å². The Morgan fingerprint density at radius 2 is 1.71 bits per heavy atom. The van der Waals surface area contributed by atoms with Crippen LogP contribution < -0.4 is 21.3 Å². The van der Waals surface area contributed by atoms with E-state index in [1.165, 1.54) is 35.8 Å². The standard InChI is InChI=1S/C27H24F5N5O3S/c1-16-35-25(26(2,28)29)15-36(16)22-11-8-19(18-4-3-5-21(12-18)41(38)39)13-23(22)37(34)24(14-33)17-6-9-20(10-7-17)40-27(30,31)32/h3-15H,33-34H2,1-2H3,(H,38,39)/p-1/b24-14-. The van der Waals surface area contributed by atoms with E-state index in [0.717, 1.165) is 29.5 Å². The molecule has 0 saturated heterocycles. The number of ether oxygens (including phenoxy) is 1. The molecule has 8 nitrogen and oxygen atoms in total. The van der Waals surface area contributed by atoms with Crippen molar-refractivity contribution in [2.45, 2.75) is 31.0 Å². The summed E-state index contributed by atoms with van der Waals surface area (Å²) in [6.45, 7) is 2.24. The highest BCUT2D eigenvalue weighted by Crippen LogP contribution is 2.36. The minimum Gasteiger partial charge on any atom is -0.768 e. The lowest BCUT2D eigenvalue weighted by molar-refractivity contribution is -0.274. The summed E-state index contributed by atoms with van der Waals surface area (Å²) in [5, 5.41) is 1.14.